The highest BCUT2D eigenvalue weighted by Gasteiger charge is 2.09. The fourth-order valence-corrected chi connectivity index (χ4v) is 1.98. The Morgan fingerprint density at radius 1 is 1.35 bits per heavy atom. The Morgan fingerprint density at radius 2 is 2.12 bits per heavy atom. The third-order valence-electron chi connectivity index (χ3n) is 2.14. The van der Waals surface area contributed by atoms with Crippen LogP contribution in [0.2, 0.25) is 0 Å². The van der Waals surface area contributed by atoms with Crippen molar-refractivity contribution in [3.63, 3.8) is 0 Å². The van der Waals surface area contributed by atoms with Gasteiger partial charge in [0.05, 0.1) is 11.9 Å². The van der Waals surface area contributed by atoms with Crippen molar-refractivity contribution in [2.45, 2.75) is 6.92 Å². The third-order valence-corrected chi connectivity index (χ3v) is 2.73. The number of aromatic nitrogens is 2. The molecule has 1 aromatic carbocycles. The monoisotopic (exact) mass is 253 g/mol. The Bertz CT molecular complexity index is 620. The minimum Gasteiger partial charge on any atom is -0.423 e. The molecule has 0 spiro atoms. The average molecular weight is 253 g/mol. The van der Waals surface area contributed by atoms with Gasteiger partial charge in [0, 0.05) is 5.56 Å². The van der Waals surface area contributed by atoms with Gasteiger partial charge in [0.15, 0.2) is 0 Å². The second-order valence-corrected chi connectivity index (χ2v) is 5.40. The van der Waals surface area contributed by atoms with Crippen molar-refractivity contribution in [3.05, 3.63) is 30.2 Å². The second-order valence-electron chi connectivity index (χ2n) is 3.65. The lowest BCUT2D eigenvalue weighted by molar-refractivity contribution is 0.568. The molecular formula is C10H11N3O3S. The van der Waals surface area contributed by atoms with Gasteiger partial charge in [0.25, 0.3) is 0 Å². The van der Waals surface area contributed by atoms with Crippen molar-refractivity contribution in [2.75, 3.05) is 11.0 Å². The molecule has 2 aromatic rings. The van der Waals surface area contributed by atoms with Crippen molar-refractivity contribution >= 4 is 15.7 Å². The number of rotatable bonds is 3. The van der Waals surface area contributed by atoms with Crippen LogP contribution in [0.15, 0.2) is 29.0 Å². The molecule has 0 aliphatic rings. The van der Waals surface area contributed by atoms with Gasteiger partial charge < -0.3 is 4.42 Å². The van der Waals surface area contributed by atoms with E-state index in [0.717, 1.165) is 11.8 Å². The number of benzene rings is 1. The summed E-state index contributed by atoms with van der Waals surface area (Å²) in [6.07, 6.45) is 2.32. The zero-order chi connectivity index (χ0) is 12.5. The molecule has 0 saturated carbocycles. The minimum absolute atomic E-state index is 0.349. The summed E-state index contributed by atoms with van der Waals surface area (Å²) in [5.74, 6) is 0.349. The van der Waals surface area contributed by atoms with E-state index in [2.05, 4.69) is 14.9 Å². The molecule has 2 rings (SSSR count). The maximum Gasteiger partial charge on any atom is 0.247 e. The first-order valence-electron chi connectivity index (χ1n) is 4.81. The van der Waals surface area contributed by atoms with E-state index < -0.39 is 10.0 Å². The average Bonchev–Trinajstić information content (AvgIpc) is 2.72. The molecule has 0 unspecified atom stereocenters. The first-order valence-corrected chi connectivity index (χ1v) is 6.70. The van der Waals surface area contributed by atoms with Crippen molar-refractivity contribution < 1.29 is 12.8 Å². The van der Waals surface area contributed by atoms with Gasteiger partial charge in [-0.05, 0) is 24.6 Å². The number of nitrogens with one attached hydrogen (secondary N) is 1. The van der Waals surface area contributed by atoms with Gasteiger partial charge in [0.1, 0.15) is 0 Å². The van der Waals surface area contributed by atoms with E-state index in [1.807, 2.05) is 6.92 Å². The molecule has 0 atom stereocenters. The van der Waals surface area contributed by atoms with Crippen LogP contribution in [-0.4, -0.2) is 24.9 Å². The summed E-state index contributed by atoms with van der Waals surface area (Å²) in [5.41, 5.74) is 1.99. The van der Waals surface area contributed by atoms with E-state index in [1.54, 1.807) is 18.2 Å². The van der Waals surface area contributed by atoms with E-state index >= 15 is 0 Å². The summed E-state index contributed by atoms with van der Waals surface area (Å²) in [7, 11) is -3.30. The fraction of sp³-hybridized carbons (Fsp3) is 0.200. The topological polar surface area (TPSA) is 85.1 Å². The van der Waals surface area contributed by atoms with Gasteiger partial charge >= 0.3 is 0 Å². The number of hydrogen-bond acceptors (Lipinski definition) is 5. The summed E-state index contributed by atoms with van der Waals surface area (Å²) in [6.45, 7) is 1.81. The maximum absolute atomic E-state index is 11.2. The van der Waals surface area contributed by atoms with Crippen LogP contribution in [-0.2, 0) is 10.0 Å². The predicted octanol–water partition coefficient (Wildman–Crippen LogP) is 1.42. The first kappa shape index (κ1) is 11.6. The van der Waals surface area contributed by atoms with Crippen LogP contribution in [0.25, 0.3) is 11.5 Å². The molecule has 0 radical (unpaired) electrons. The molecule has 17 heavy (non-hydrogen) atoms. The lowest BCUT2D eigenvalue weighted by Crippen LogP contribution is -2.10. The van der Waals surface area contributed by atoms with Crippen molar-refractivity contribution in [1.29, 1.82) is 0 Å². The smallest absolute Gasteiger partial charge is 0.247 e. The van der Waals surface area contributed by atoms with Gasteiger partial charge in [-0.15, -0.1) is 10.2 Å². The molecule has 6 nitrogen and oxygen atoms in total. The van der Waals surface area contributed by atoms with Crippen molar-refractivity contribution in [2.24, 2.45) is 0 Å². The van der Waals surface area contributed by atoms with Crippen LogP contribution in [0.5, 0.6) is 0 Å². The Morgan fingerprint density at radius 3 is 2.71 bits per heavy atom. The van der Waals surface area contributed by atoms with Crippen LogP contribution < -0.4 is 4.72 Å². The summed E-state index contributed by atoms with van der Waals surface area (Å²) < 4.78 is 29.9. The number of anilines is 1. The SMILES string of the molecule is Cc1ccc(-c2nnco2)cc1NS(C)(=O)=O. The summed E-state index contributed by atoms with van der Waals surface area (Å²) >= 11 is 0. The van der Waals surface area contributed by atoms with Gasteiger partial charge in [-0.25, -0.2) is 8.42 Å². The highest BCUT2D eigenvalue weighted by atomic mass is 32.2. The van der Waals surface area contributed by atoms with Crippen LogP contribution in [0.4, 0.5) is 5.69 Å². The Labute approximate surface area is 98.7 Å². The van der Waals surface area contributed by atoms with Crippen LogP contribution in [0.1, 0.15) is 5.56 Å². The van der Waals surface area contributed by atoms with Crippen LogP contribution >= 0.6 is 0 Å². The first-order chi connectivity index (χ1) is 7.96. The summed E-state index contributed by atoms with van der Waals surface area (Å²) in [4.78, 5) is 0. The molecule has 90 valence electrons. The second kappa shape index (κ2) is 4.17. The third kappa shape index (κ3) is 2.82. The van der Waals surface area contributed by atoms with Crippen LogP contribution in [0, 0.1) is 6.92 Å². The zero-order valence-electron chi connectivity index (χ0n) is 9.34. The largest absolute Gasteiger partial charge is 0.423 e. The molecule has 0 fully saturated rings. The lowest BCUT2D eigenvalue weighted by atomic mass is 10.1. The molecule has 0 saturated heterocycles. The fourth-order valence-electron chi connectivity index (χ4n) is 1.36. The normalized spacial score (nSPS) is 11.4. The number of sulfonamides is 1. The van der Waals surface area contributed by atoms with E-state index in [1.165, 1.54) is 6.39 Å². The van der Waals surface area contributed by atoms with E-state index in [4.69, 9.17) is 4.42 Å². The Hall–Kier alpha value is -1.89. The molecule has 0 amide bonds. The molecule has 0 aliphatic carbocycles. The Kier molecular flexibility index (Phi) is 2.84. The number of hydrogen-bond donors (Lipinski definition) is 1. The standard InChI is InChI=1S/C10H11N3O3S/c1-7-3-4-8(10-12-11-6-16-10)5-9(7)13-17(2,14)15/h3-6,13H,1-2H3. The highest BCUT2D eigenvalue weighted by Crippen LogP contribution is 2.24. The maximum atomic E-state index is 11.2. The predicted molar refractivity (Wildman–Crippen MR) is 62.9 cm³/mol. The van der Waals surface area contributed by atoms with E-state index in [0.29, 0.717) is 17.1 Å². The molecule has 7 heteroatoms. The van der Waals surface area contributed by atoms with Gasteiger partial charge in [-0.2, -0.15) is 0 Å². The molecule has 1 N–H and O–H groups in total. The zero-order valence-corrected chi connectivity index (χ0v) is 10.2. The summed E-state index contributed by atoms with van der Waals surface area (Å²) in [5, 5.41) is 7.33. The van der Waals surface area contributed by atoms with Crippen molar-refractivity contribution in [3.8, 4) is 11.5 Å². The van der Waals surface area contributed by atoms with E-state index in [9.17, 15) is 8.42 Å². The van der Waals surface area contributed by atoms with Crippen molar-refractivity contribution in [1.82, 2.24) is 10.2 Å². The summed E-state index contributed by atoms with van der Waals surface area (Å²) in [6, 6.07) is 5.23. The van der Waals surface area contributed by atoms with Crippen LogP contribution in [0.3, 0.4) is 0 Å². The van der Waals surface area contributed by atoms with E-state index in [-0.39, 0.29) is 0 Å². The molecule has 0 aliphatic heterocycles. The number of nitrogens with zero attached hydrogens (tertiary/aromatic N) is 2. The molecule has 1 aromatic heterocycles. The molecule has 0 bridgehead atoms. The Balaban J connectivity index is 2.43. The van der Waals surface area contributed by atoms with Gasteiger partial charge in [-0.1, -0.05) is 6.07 Å². The number of aryl methyl sites for hydroxylation is 1. The van der Waals surface area contributed by atoms with Gasteiger partial charge in [0.2, 0.25) is 22.3 Å². The van der Waals surface area contributed by atoms with Gasteiger partial charge in [-0.3, -0.25) is 4.72 Å². The molecule has 1 heterocycles. The quantitative estimate of drug-likeness (QED) is 0.894. The lowest BCUT2D eigenvalue weighted by Gasteiger charge is -2.08. The minimum atomic E-state index is -3.30. The molecular weight excluding hydrogens is 242 g/mol. The highest BCUT2D eigenvalue weighted by molar-refractivity contribution is 7.92.